The van der Waals surface area contributed by atoms with Crippen molar-refractivity contribution >= 4 is 50.1 Å². The van der Waals surface area contributed by atoms with Gasteiger partial charge in [0.1, 0.15) is 5.82 Å². The first-order chi connectivity index (χ1) is 10.0. The van der Waals surface area contributed by atoms with E-state index in [-0.39, 0.29) is 11.9 Å². The first kappa shape index (κ1) is 17.2. The molecule has 5 heteroatoms. The average Bonchev–Trinajstić information content (AvgIpc) is 2.44. The molecule has 0 saturated heterocycles. The van der Waals surface area contributed by atoms with Crippen molar-refractivity contribution in [3.05, 3.63) is 66.4 Å². The number of rotatable bonds is 5. The van der Waals surface area contributed by atoms with Gasteiger partial charge in [-0.15, -0.1) is 0 Å². The summed E-state index contributed by atoms with van der Waals surface area (Å²) in [5.41, 5.74) is 2.16. The van der Waals surface area contributed by atoms with E-state index >= 15 is 0 Å². The minimum absolute atomic E-state index is 0.141. The molecule has 2 rings (SSSR count). The predicted octanol–water partition coefficient (Wildman–Crippen LogP) is 5.74. The first-order valence-electron chi connectivity index (χ1n) is 6.63. The molecule has 1 nitrogen and oxygen atoms in total. The molecule has 21 heavy (non-hydrogen) atoms. The maximum Gasteiger partial charge on any atom is 0.124 e. The summed E-state index contributed by atoms with van der Waals surface area (Å²) < 4.78 is 15.4. The van der Waals surface area contributed by atoms with Crippen molar-refractivity contribution in [3.63, 3.8) is 0 Å². The molecule has 0 aromatic heterocycles. The van der Waals surface area contributed by atoms with Crippen LogP contribution in [0.25, 0.3) is 0 Å². The SMILES string of the molecule is CCNC(Cc1ccc(F)cc1Cl)c1cc(Br)ccc1I. The van der Waals surface area contributed by atoms with E-state index < -0.39 is 0 Å². The highest BCUT2D eigenvalue weighted by molar-refractivity contribution is 14.1. The molecule has 0 aliphatic heterocycles. The predicted molar refractivity (Wildman–Crippen MR) is 98.4 cm³/mol. The van der Waals surface area contributed by atoms with Gasteiger partial charge in [-0.1, -0.05) is 40.5 Å². The van der Waals surface area contributed by atoms with Crippen LogP contribution in [-0.2, 0) is 6.42 Å². The van der Waals surface area contributed by atoms with Crippen LogP contribution in [0, 0.1) is 9.39 Å². The molecule has 1 N–H and O–H groups in total. The molecular formula is C16H15BrClFIN. The molecule has 0 spiro atoms. The normalized spacial score (nSPS) is 12.4. The Bertz CT molecular complexity index is 636. The third kappa shape index (κ3) is 4.65. The highest BCUT2D eigenvalue weighted by Gasteiger charge is 2.16. The van der Waals surface area contributed by atoms with Gasteiger partial charge in [0.2, 0.25) is 0 Å². The van der Waals surface area contributed by atoms with Gasteiger partial charge in [0.15, 0.2) is 0 Å². The molecule has 1 atom stereocenters. The largest absolute Gasteiger partial charge is 0.310 e. The summed E-state index contributed by atoms with van der Waals surface area (Å²) in [5.74, 6) is -0.305. The maximum atomic E-state index is 13.2. The van der Waals surface area contributed by atoms with Crippen molar-refractivity contribution in [2.75, 3.05) is 6.54 Å². The standard InChI is InChI=1S/C16H15BrClFIN/c1-2-21-16(13-8-11(17)4-6-15(13)20)7-10-3-5-12(19)9-14(10)18/h3-6,8-9,16,21H,2,7H2,1H3. The van der Waals surface area contributed by atoms with Crippen molar-refractivity contribution in [2.24, 2.45) is 0 Å². The monoisotopic (exact) mass is 481 g/mol. The molecule has 1 unspecified atom stereocenters. The lowest BCUT2D eigenvalue weighted by atomic mass is 9.98. The molecular weight excluding hydrogens is 467 g/mol. The molecule has 0 radical (unpaired) electrons. The fraction of sp³-hybridized carbons (Fsp3) is 0.250. The van der Waals surface area contributed by atoms with Crippen LogP contribution in [0.3, 0.4) is 0 Å². The van der Waals surface area contributed by atoms with Gasteiger partial charge in [-0.05, 0) is 77.0 Å². The van der Waals surface area contributed by atoms with E-state index in [2.05, 4.69) is 62.9 Å². The van der Waals surface area contributed by atoms with Crippen molar-refractivity contribution in [1.29, 1.82) is 0 Å². The molecule has 2 aromatic carbocycles. The van der Waals surface area contributed by atoms with Crippen molar-refractivity contribution in [3.8, 4) is 0 Å². The molecule has 0 bridgehead atoms. The van der Waals surface area contributed by atoms with Crippen LogP contribution in [0.15, 0.2) is 40.9 Å². The second kappa shape index (κ2) is 7.90. The average molecular weight is 483 g/mol. The van der Waals surface area contributed by atoms with Crippen LogP contribution in [0.2, 0.25) is 5.02 Å². The van der Waals surface area contributed by atoms with E-state index in [1.54, 1.807) is 6.07 Å². The van der Waals surface area contributed by atoms with E-state index in [4.69, 9.17) is 11.6 Å². The molecule has 0 fully saturated rings. The number of hydrogen-bond donors (Lipinski definition) is 1. The van der Waals surface area contributed by atoms with Crippen LogP contribution in [0.1, 0.15) is 24.1 Å². The molecule has 0 amide bonds. The summed E-state index contributed by atoms with van der Waals surface area (Å²) in [6.07, 6.45) is 0.722. The van der Waals surface area contributed by atoms with Crippen LogP contribution in [-0.4, -0.2) is 6.54 Å². The Hall–Kier alpha value is -0.170. The molecule has 0 saturated carbocycles. The van der Waals surface area contributed by atoms with Gasteiger partial charge in [-0.3, -0.25) is 0 Å². The summed E-state index contributed by atoms with van der Waals surface area (Å²) in [4.78, 5) is 0. The number of benzene rings is 2. The van der Waals surface area contributed by atoms with Gasteiger partial charge in [0.05, 0.1) is 0 Å². The number of likely N-dealkylation sites (N-methyl/N-ethyl adjacent to an activating group) is 1. The zero-order valence-corrected chi connectivity index (χ0v) is 16.0. The van der Waals surface area contributed by atoms with Gasteiger partial charge in [-0.2, -0.15) is 0 Å². The van der Waals surface area contributed by atoms with Crippen molar-refractivity contribution in [2.45, 2.75) is 19.4 Å². The Balaban J connectivity index is 2.32. The van der Waals surface area contributed by atoms with E-state index in [0.29, 0.717) is 5.02 Å². The summed E-state index contributed by atoms with van der Waals surface area (Å²) >= 11 is 12.0. The van der Waals surface area contributed by atoms with Crippen LogP contribution in [0.5, 0.6) is 0 Å². The number of hydrogen-bond acceptors (Lipinski definition) is 1. The molecule has 0 aliphatic rings. The van der Waals surface area contributed by atoms with Gasteiger partial charge in [0, 0.05) is 19.1 Å². The fourth-order valence-electron chi connectivity index (χ4n) is 2.23. The van der Waals surface area contributed by atoms with E-state index in [9.17, 15) is 4.39 Å². The quantitative estimate of drug-likeness (QED) is 0.536. The van der Waals surface area contributed by atoms with Gasteiger partial charge in [-0.25, -0.2) is 4.39 Å². The van der Waals surface area contributed by atoms with Crippen LogP contribution in [0.4, 0.5) is 4.39 Å². The van der Waals surface area contributed by atoms with E-state index in [1.807, 2.05) is 6.07 Å². The third-order valence-corrected chi connectivity index (χ3v) is 5.05. The van der Waals surface area contributed by atoms with Gasteiger partial charge >= 0.3 is 0 Å². The second-order valence-electron chi connectivity index (χ2n) is 4.72. The number of nitrogens with one attached hydrogen (secondary N) is 1. The van der Waals surface area contributed by atoms with Crippen molar-refractivity contribution in [1.82, 2.24) is 5.32 Å². The topological polar surface area (TPSA) is 12.0 Å². The Morgan fingerprint density at radius 1 is 1.29 bits per heavy atom. The Morgan fingerprint density at radius 3 is 2.71 bits per heavy atom. The lowest BCUT2D eigenvalue weighted by Crippen LogP contribution is -2.24. The molecule has 0 heterocycles. The summed E-state index contributed by atoms with van der Waals surface area (Å²) in [6, 6.07) is 10.9. The Kier molecular flexibility index (Phi) is 6.47. The molecule has 112 valence electrons. The zero-order valence-electron chi connectivity index (χ0n) is 11.5. The first-order valence-corrected chi connectivity index (χ1v) is 8.88. The highest BCUT2D eigenvalue weighted by atomic mass is 127. The second-order valence-corrected chi connectivity index (χ2v) is 7.20. The van der Waals surface area contributed by atoms with Crippen molar-refractivity contribution < 1.29 is 4.39 Å². The summed E-state index contributed by atoms with van der Waals surface area (Å²) in [5, 5.41) is 3.95. The minimum Gasteiger partial charge on any atom is -0.310 e. The number of halogens is 4. The Morgan fingerprint density at radius 2 is 2.05 bits per heavy atom. The van der Waals surface area contributed by atoms with E-state index in [0.717, 1.165) is 23.0 Å². The third-order valence-electron chi connectivity index (χ3n) is 3.22. The highest BCUT2D eigenvalue weighted by Crippen LogP contribution is 2.29. The van der Waals surface area contributed by atoms with E-state index in [1.165, 1.54) is 21.3 Å². The van der Waals surface area contributed by atoms with Crippen LogP contribution >= 0.6 is 50.1 Å². The fourth-order valence-corrected chi connectivity index (χ4v) is 3.56. The van der Waals surface area contributed by atoms with Gasteiger partial charge < -0.3 is 5.32 Å². The Labute approximate surface area is 151 Å². The summed E-state index contributed by atoms with van der Waals surface area (Å²) in [6.45, 7) is 2.93. The smallest absolute Gasteiger partial charge is 0.124 e. The lowest BCUT2D eigenvalue weighted by Gasteiger charge is -2.21. The lowest BCUT2D eigenvalue weighted by molar-refractivity contribution is 0.546. The summed E-state index contributed by atoms with van der Waals surface area (Å²) in [7, 11) is 0. The van der Waals surface area contributed by atoms with Gasteiger partial charge in [0.25, 0.3) is 0 Å². The minimum atomic E-state index is -0.305. The maximum absolute atomic E-state index is 13.2. The zero-order chi connectivity index (χ0) is 15.4. The molecule has 0 aliphatic carbocycles. The van der Waals surface area contributed by atoms with Crippen LogP contribution < -0.4 is 5.32 Å². The molecule has 2 aromatic rings.